The van der Waals surface area contributed by atoms with Crippen LogP contribution in [-0.4, -0.2) is 31.8 Å². The van der Waals surface area contributed by atoms with E-state index < -0.39 is 6.10 Å². The number of benzene rings is 2. The van der Waals surface area contributed by atoms with Gasteiger partial charge in [-0.25, -0.2) is 0 Å². The van der Waals surface area contributed by atoms with Gasteiger partial charge in [-0.3, -0.25) is 4.79 Å². The number of hydrogen-bond acceptors (Lipinski definition) is 3. The molecule has 4 nitrogen and oxygen atoms in total. The monoisotopic (exact) mass is 321 g/mol. The predicted molar refractivity (Wildman–Crippen MR) is 92.6 cm³/mol. The topological polar surface area (TPSA) is 38.8 Å². The zero-order valence-electron chi connectivity index (χ0n) is 13.4. The number of anilines is 1. The van der Waals surface area contributed by atoms with Crippen molar-refractivity contribution in [3.05, 3.63) is 65.7 Å². The molecule has 0 bridgehead atoms. The van der Waals surface area contributed by atoms with Crippen molar-refractivity contribution < 1.29 is 14.3 Å². The Morgan fingerprint density at radius 3 is 2.71 bits per heavy atom. The molecular formula is C20H19NO3. The molecule has 0 N–H and O–H groups in total. The van der Waals surface area contributed by atoms with Gasteiger partial charge in [-0.05, 0) is 23.8 Å². The van der Waals surface area contributed by atoms with Crippen LogP contribution in [0.3, 0.4) is 0 Å². The minimum atomic E-state index is -0.586. The molecule has 1 heterocycles. The molecule has 0 saturated carbocycles. The highest BCUT2D eigenvalue weighted by atomic mass is 16.6. The molecule has 1 atom stereocenters. The largest absolute Gasteiger partial charge is 0.376 e. The summed E-state index contributed by atoms with van der Waals surface area (Å²) < 4.78 is 11.0. The number of ether oxygens (including phenoxy) is 2. The maximum absolute atomic E-state index is 13.0. The molecule has 3 rings (SSSR count). The highest BCUT2D eigenvalue weighted by Crippen LogP contribution is 2.21. The lowest BCUT2D eigenvalue weighted by Crippen LogP contribution is -2.45. The van der Waals surface area contributed by atoms with Crippen LogP contribution in [0.5, 0.6) is 0 Å². The van der Waals surface area contributed by atoms with Gasteiger partial charge in [0.1, 0.15) is 0 Å². The van der Waals surface area contributed by atoms with Gasteiger partial charge in [0, 0.05) is 11.3 Å². The molecule has 0 radical (unpaired) electrons. The van der Waals surface area contributed by atoms with E-state index in [4.69, 9.17) is 15.9 Å². The van der Waals surface area contributed by atoms with E-state index in [9.17, 15) is 4.79 Å². The van der Waals surface area contributed by atoms with E-state index in [2.05, 4.69) is 5.92 Å². The van der Waals surface area contributed by atoms with E-state index in [1.807, 2.05) is 54.6 Å². The Balaban J connectivity index is 1.90. The lowest BCUT2D eigenvalue weighted by molar-refractivity contribution is -0.144. The predicted octanol–water partition coefficient (Wildman–Crippen LogP) is 2.62. The summed E-state index contributed by atoms with van der Waals surface area (Å²) in [6.45, 7) is 1.68. The van der Waals surface area contributed by atoms with Crippen LogP contribution in [0.25, 0.3) is 0 Å². The van der Waals surface area contributed by atoms with Crippen molar-refractivity contribution in [2.75, 3.05) is 24.7 Å². The van der Waals surface area contributed by atoms with Gasteiger partial charge in [0.25, 0.3) is 5.91 Å². The molecule has 0 aromatic heterocycles. The van der Waals surface area contributed by atoms with Crippen molar-refractivity contribution in [3.63, 3.8) is 0 Å². The molecule has 24 heavy (non-hydrogen) atoms. The number of amides is 1. The highest BCUT2D eigenvalue weighted by molar-refractivity contribution is 5.96. The van der Waals surface area contributed by atoms with Gasteiger partial charge >= 0.3 is 0 Å². The molecule has 2 aromatic rings. The van der Waals surface area contributed by atoms with Crippen LogP contribution in [-0.2, 0) is 20.8 Å². The Hall–Kier alpha value is -2.61. The molecule has 1 aliphatic heterocycles. The third kappa shape index (κ3) is 3.83. The van der Waals surface area contributed by atoms with Crippen molar-refractivity contribution >= 4 is 11.6 Å². The van der Waals surface area contributed by atoms with Crippen molar-refractivity contribution in [2.45, 2.75) is 12.6 Å². The second kappa shape index (κ2) is 7.78. The summed E-state index contributed by atoms with van der Waals surface area (Å²) in [5, 5.41) is 0. The summed E-state index contributed by atoms with van der Waals surface area (Å²) in [5.74, 6) is 2.49. The third-order valence-electron chi connectivity index (χ3n) is 3.87. The standard InChI is InChI=1S/C20H19NO3/c1-2-16-9-6-10-18(13-16)21(14-17-7-4-3-5-8-17)20(22)19-15-23-11-12-24-19/h1,3-10,13,19H,11-12,14-15H2/t19-/m1/s1. The van der Waals surface area contributed by atoms with Crippen LogP contribution in [0.1, 0.15) is 11.1 Å². The minimum Gasteiger partial charge on any atom is -0.376 e. The average Bonchev–Trinajstić information content (AvgIpc) is 2.67. The van der Waals surface area contributed by atoms with Crippen LogP contribution < -0.4 is 4.90 Å². The molecule has 0 aliphatic carbocycles. The maximum Gasteiger partial charge on any atom is 0.258 e. The molecule has 4 heteroatoms. The van der Waals surface area contributed by atoms with Crippen LogP contribution in [0.2, 0.25) is 0 Å². The van der Waals surface area contributed by atoms with Crippen molar-refractivity contribution in [1.82, 2.24) is 0 Å². The van der Waals surface area contributed by atoms with Gasteiger partial charge in [0.2, 0.25) is 0 Å². The van der Waals surface area contributed by atoms with Gasteiger partial charge in [-0.15, -0.1) is 6.42 Å². The fourth-order valence-corrected chi connectivity index (χ4v) is 2.63. The second-order valence-electron chi connectivity index (χ2n) is 5.54. The Labute approximate surface area is 142 Å². The first kappa shape index (κ1) is 16.3. The van der Waals surface area contributed by atoms with Gasteiger partial charge in [-0.1, -0.05) is 42.3 Å². The summed E-state index contributed by atoms with van der Waals surface area (Å²) in [7, 11) is 0. The van der Waals surface area contributed by atoms with Crippen molar-refractivity contribution in [3.8, 4) is 12.3 Å². The Kier molecular flexibility index (Phi) is 5.27. The molecule has 1 amide bonds. The lowest BCUT2D eigenvalue weighted by Gasteiger charge is -2.29. The Bertz CT molecular complexity index is 730. The average molecular weight is 321 g/mol. The molecule has 122 valence electrons. The van der Waals surface area contributed by atoms with E-state index in [1.165, 1.54) is 0 Å². The summed E-state index contributed by atoms with van der Waals surface area (Å²) in [4.78, 5) is 14.7. The zero-order chi connectivity index (χ0) is 16.8. The van der Waals surface area contributed by atoms with E-state index in [0.29, 0.717) is 19.8 Å². The SMILES string of the molecule is C#Cc1cccc(N(Cc2ccccc2)C(=O)[C@H]2COCCO2)c1. The third-order valence-corrected chi connectivity index (χ3v) is 3.87. The van der Waals surface area contributed by atoms with E-state index >= 15 is 0 Å². The number of nitrogens with zero attached hydrogens (tertiary/aromatic N) is 1. The smallest absolute Gasteiger partial charge is 0.258 e. The number of carbonyl (C=O) groups excluding carboxylic acids is 1. The molecule has 1 aliphatic rings. The summed E-state index contributed by atoms with van der Waals surface area (Å²) >= 11 is 0. The first-order valence-electron chi connectivity index (χ1n) is 7.89. The number of hydrogen-bond donors (Lipinski definition) is 0. The Morgan fingerprint density at radius 2 is 2.00 bits per heavy atom. The fourth-order valence-electron chi connectivity index (χ4n) is 2.63. The maximum atomic E-state index is 13.0. The van der Waals surface area contributed by atoms with Crippen LogP contribution >= 0.6 is 0 Å². The molecule has 0 spiro atoms. The first-order chi connectivity index (χ1) is 11.8. The first-order valence-corrected chi connectivity index (χ1v) is 7.89. The Morgan fingerprint density at radius 1 is 1.17 bits per heavy atom. The van der Waals surface area contributed by atoms with Gasteiger partial charge in [0.15, 0.2) is 6.10 Å². The molecular weight excluding hydrogens is 302 g/mol. The summed E-state index contributed by atoms with van der Waals surface area (Å²) in [5.41, 5.74) is 2.53. The quantitative estimate of drug-likeness (QED) is 0.813. The van der Waals surface area contributed by atoms with Crippen LogP contribution in [0, 0.1) is 12.3 Å². The summed E-state index contributed by atoms with van der Waals surface area (Å²) in [6.07, 6.45) is 4.91. The normalized spacial score (nSPS) is 17.0. The fraction of sp³-hybridized carbons (Fsp3) is 0.250. The van der Waals surface area contributed by atoms with Gasteiger partial charge in [0.05, 0.1) is 26.4 Å². The van der Waals surface area contributed by atoms with Crippen LogP contribution in [0.4, 0.5) is 5.69 Å². The van der Waals surface area contributed by atoms with Gasteiger partial charge < -0.3 is 14.4 Å². The summed E-state index contributed by atoms with van der Waals surface area (Å²) in [6, 6.07) is 17.3. The number of rotatable bonds is 4. The highest BCUT2D eigenvalue weighted by Gasteiger charge is 2.28. The lowest BCUT2D eigenvalue weighted by atomic mass is 10.1. The molecule has 1 fully saturated rings. The van der Waals surface area contributed by atoms with E-state index in [-0.39, 0.29) is 12.5 Å². The number of terminal acetylenes is 1. The molecule has 0 unspecified atom stereocenters. The zero-order valence-corrected chi connectivity index (χ0v) is 13.4. The van der Waals surface area contributed by atoms with Crippen molar-refractivity contribution in [1.29, 1.82) is 0 Å². The number of carbonyl (C=O) groups is 1. The minimum absolute atomic E-state index is 0.118. The van der Waals surface area contributed by atoms with Gasteiger partial charge in [-0.2, -0.15) is 0 Å². The van der Waals surface area contributed by atoms with E-state index in [0.717, 1.165) is 16.8 Å². The van der Waals surface area contributed by atoms with E-state index in [1.54, 1.807) is 4.90 Å². The molecule has 1 saturated heterocycles. The van der Waals surface area contributed by atoms with Crippen molar-refractivity contribution in [2.24, 2.45) is 0 Å². The second-order valence-corrected chi connectivity index (χ2v) is 5.54. The molecule has 2 aromatic carbocycles. The van der Waals surface area contributed by atoms with Crippen LogP contribution in [0.15, 0.2) is 54.6 Å².